The van der Waals surface area contributed by atoms with Gasteiger partial charge in [0.05, 0.1) is 6.10 Å². The van der Waals surface area contributed by atoms with Crippen molar-refractivity contribution in [1.82, 2.24) is 0 Å². The number of ketones is 1. The molecule has 1 aliphatic rings. The minimum Gasteiger partial charge on any atom is -0.481 e. The maximum atomic E-state index is 11.9. The van der Waals surface area contributed by atoms with Crippen LogP contribution in [0.25, 0.3) is 0 Å². The molecule has 4 heteroatoms. The molecule has 0 radical (unpaired) electrons. The molecule has 0 aliphatic carbocycles. The standard InChI is InChI=1S/C18H32O4/c1-2-3-4-9-12-15(19)18-16(22-18)13-10-7-5-6-8-11-14-17(20)21/h16,18H,2-14H2,1H3,(H,20,21)/t16-,18-/m0/s1. The first kappa shape index (κ1) is 19.1. The molecule has 1 aliphatic heterocycles. The Morgan fingerprint density at radius 1 is 0.864 bits per heavy atom. The number of carboxylic acids is 1. The number of carboxylic acid groups (broad SMARTS) is 1. The van der Waals surface area contributed by atoms with Gasteiger partial charge in [-0.2, -0.15) is 0 Å². The van der Waals surface area contributed by atoms with Gasteiger partial charge in [-0.25, -0.2) is 0 Å². The fourth-order valence-electron chi connectivity index (χ4n) is 2.84. The zero-order chi connectivity index (χ0) is 16.2. The van der Waals surface area contributed by atoms with Crippen molar-refractivity contribution < 1.29 is 19.4 Å². The van der Waals surface area contributed by atoms with Gasteiger partial charge in [-0.1, -0.05) is 58.3 Å². The molecule has 128 valence electrons. The zero-order valence-electron chi connectivity index (χ0n) is 14.0. The third-order valence-electron chi connectivity index (χ3n) is 4.31. The molecule has 0 amide bonds. The van der Waals surface area contributed by atoms with Gasteiger partial charge in [-0.3, -0.25) is 9.59 Å². The number of ether oxygens (including phenoxy) is 1. The molecule has 0 aromatic rings. The molecule has 0 aromatic carbocycles. The Morgan fingerprint density at radius 3 is 2.14 bits per heavy atom. The average molecular weight is 312 g/mol. The van der Waals surface area contributed by atoms with E-state index in [1.54, 1.807) is 0 Å². The van der Waals surface area contributed by atoms with Crippen LogP contribution in [0.2, 0.25) is 0 Å². The normalized spacial score (nSPS) is 20.0. The predicted octanol–water partition coefficient (Wildman–Crippen LogP) is 4.50. The average Bonchev–Trinajstić information content (AvgIpc) is 3.25. The summed E-state index contributed by atoms with van der Waals surface area (Å²) in [4.78, 5) is 22.2. The summed E-state index contributed by atoms with van der Waals surface area (Å²) in [5.41, 5.74) is 0. The molecule has 1 fully saturated rings. The summed E-state index contributed by atoms with van der Waals surface area (Å²) < 4.78 is 5.49. The van der Waals surface area contributed by atoms with Crippen LogP contribution in [0.1, 0.15) is 90.4 Å². The Morgan fingerprint density at radius 2 is 1.45 bits per heavy atom. The second-order valence-corrected chi connectivity index (χ2v) is 6.43. The molecular weight excluding hydrogens is 280 g/mol. The van der Waals surface area contributed by atoms with E-state index in [1.165, 1.54) is 12.8 Å². The van der Waals surface area contributed by atoms with Gasteiger partial charge in [0.25, 0.3) is 0 Å². The summed E-state index contributed by atoms with van der Waals surface area (Å²) in [7, 11) is 0. The van der Waals surface area contributed by atoms with Gasteiger partial charge < -0.3 is 9.84 Å². The van der Waals surface area contributed by atoms with Gasteiger partial charge in [0.1, 0.15) is 6.10 Å². The van der Waals surface area contributed by atoms with Crippen molar-refractivity contribution >= 4 is 11.8 Å². The minimum atomic E-state index is -0.698. The predicted molar refractivity (Wildman–Crippen MR) is 87.0 cm³/mol. The van der Waals surface area contributed by atoms with Crippen LogP contribution >= 0.6 is 0 Å². The topological polar surface area (TPSA) is 66.9 Å². The number of aliphatic carboxylic acids is 1. The van der Waals surface area contributed by atoms with Crippen LogP contribution in [0.3, 0.4) is 0 Å². The molecule has 1 N–H and O–H groups in total. The largest absolute Gasteiger partial charge is 0.481 e. The van der Waals surface area contributed by atoms with E-state index in [2.05, 4.69) is 6.92 Å². The molecule has 0 saturated carbocycles. The second kappa shape index (κ2) is 11.6. The van der Waals surface area contributed by atoms with Crippen LogP contribution in [0.15, 0.2) is 0 Å². The summed E-state index contributed by atoms with van der Waals surface area (Å²) in [6.07, 6.45) is 13.0. The van der Waals surface area contributed by atoms with Crippen molar-refractivity contribution in [2.45, 2.75) is 103 Å². The van der Waals surface area contributed by atoms with Gasteiger partial charge in [0, 0.05) is 12.8 Å². The molecule has 1 rings (SSSR count). The van der Waals surface area contributed by atoms with Crippen molar-refractivity contribution in [3.8, 4) is 0 Å². The summed E-state index contributed by atoms with van der Waals surface area (Å²) in [5.74, 6) is -0.397. The number of hydrogen-bond acceptors (Lipinski definition) is 3. The number of carbonyl (C=O) groups excluding carboxylic acids is 1. The number of epoxide rings is 1. The van der Waals surface area contributed by atoms with Crippen LogP contribution in [0.4, 0.5) is 0 Å². The SMILES string of the molecule is CCCCCCC(=O)[C@@H]1O[C@H]1CCCCCCCCC(=O)O. The van der Waals surface area contributed by atoms with Gasteiger partial charge in [-0.15, -0.1) is 0 Å². The van der Waals surface area contributed by atoms with E-state index >= 15 is 0 Å². The van der Waals surface area contributed by atoms with Crippen molar-refractivity contribution in [3.05, 3.63) is 0 Å². The smallest absolute Gasteiger partial charge is 0.303 e. The maximum absolute atomic E-state index is 11.9. The molecule has 1 saturated heterocycles. The third-order valence-corrected chi connectivity index (χ3v) is 4.31. The Hall–Kier alpha value is -0.900. The van der Waals surface area contributed by atoms with E-state index in [0.717, 1.165) is 57.8 Å². The van der Waals surface area contributed by atoms with Crippen LogP contribution < -0.4 is 0 Å². The lowest BCUT2D eigenvalue weighted by atomic mass is 10.0. The fraction of sp³-hybridized carbons (Fsp3) is 0.889. The molecule has 0 unspecified atom stereocenters. The number of carbonyl (C=O) groups is 2. The monoisotopic (exact) mass is 312 g/mol. The van der Waals surface area contributed by atoms with Gasteiger partial charge in [-0.05, 0) is 19.3 Å². The van der Waals surface area contributed by atoms with Crippen LogP contribution in [0, 0.1) is 0 Å². The van der Waals surface area contributed by atoms with E-state index in [-0.39, 0.29) is 18.6 Å². The number of unbranched alkanes of at least 4 members (excludes halogenated alkanes) is 8. The van der Waals surface area contributed by atoms with Crippen LogP contribution in [-0.4, -0.2) is 29.1 Å². The van der Waals surface area contributed by atoms with Gasteiger partial charge >= 0.3 is 5.97 Å². The lowest BCUT2D eigenvalue weighted by molar-refractivity contribution is -0.137. The first-order valence-corrected chi connectivity index (χ1v) is 9.05. The van der Waals surface area contributed by atoms with Crippen LogP contribution in [0.5, 0.6) is 0 Å². The summed E-state index contributed by atoms with van der Waals surface area (Å²) >= 11 is 0. The maximum Gasteiger partial charge on any atom is 0.303 e. The molecule has 2 atom stereocenters. The molecule has 4 nitrogen and oxygen atoms in total. The summed E-state index contributed by atoms with van der Waals surface area (Å²) in [6, 6.07) is 0. The Bertz CT molecular complexity index is 327. The Balaban J connectivity index is 1.87. The van der Waals surface area contributed by atoms with Gasteiger partial charge in [0.15, 0.2) is 5.78 Å². The highest BCUT2D eigenvalue weighted by atomic mass is 16.6. The minimum absolute atomic E-state index is 0.0998. The van der Waals surface area contributed by atoms with Crippen molar-refractivity contribution in [2.24, 2.45) is 0 Å². The van der Waals surface area contributed by atoms with E-state index < -0.39 is 5.97 Å². The van der Waals surface area contributed by atoms with E-state index in [1.807, 2.05) is 0 Å². The fourth-order valence-corrected chi connectivity index (χ4v) is 2.84. The molecular formula is C18H32O4. The highest BCUT2D eigenvalue weighted by molar-refractivity contribution is 5.85. The van der Waals surface area contributed by atoms with Crippen molar-refractivity contribution in [1.29, 1.82) is 0 Å². The lowest BCUT2D eigenvalue weighted by Crippen LogP contribution is -2.09. The number of hydrogen-bond donors (Lipinski definition) is 1. The molecule has 22 heavy (non-hydrogen) atoms. The van der Waals surface area contributed by atoms with E-state index in [0.29, 0.717) is 12.2 Å². The Kier molecular flexibility index (Phi) is 10.1. The van der Waals surface area contributed by atoms with E-state index in [4.69, 9.17) is 9.84 Å². The summed E-state index contributed by atoms with van der Waals surface area (Å²) in [6.45, 7) is 2.17. The lowest BCUT2D eigenvalue weighted by Gasteiger charge is -2.00. The molecule has 0 spiro atoms. The third kappa shape index (κ3) is 9.19. The second-order valence-electron chi connectivity index (χ2n) is 6.43. The first-order chi connectivity index (χ1) is 10.6. The first-order valence-electron chi connectivity index (χ1n) is 9.05. The molecule has 1 heterocycles. The molecule has 0 aromatic heterocycles. The highest BCUT2D eigenvalue weighted by Gasteiger charge is 2.43. The zero-order valence-corrected chi connectivity index (χ0v) is 14.0. The van der Waals surface area contributed by atoms with Gasteiger partial charge in [0.2, 0.25) is 0 Å². The molecule has 0 bridgehead atoms. The summed E-state index contributed by atoms with van der Waals surface area (Å²) in [5, 5.41) is 8.53. The highest BCUT2D eigenvalue weighted by Crippen LogP contribution is 2.29. The van der Waals surface area contributed by atoms with E-state index in [9.17, 15) is 9.59 Å². The Labute approximate surface area is 134 Å². The van der Waals surface area contributed by atoms with Crippen molar-refractivity contribution in [2.75, 3.05) is 0 Å². The van der Waals surface area contributed by atoms with Crippen molar-refractivity contribution in [3.63, 3.8) is 0 Å². The quantitative estimate of drug-likeness (QED) is 0.357. The number of rotatable bonds is 15. The number of Topliss-reactive ketones (excluding diaryl/α,β-unsaturated/α-hetero) is 1. The van der Waals surface area contributed by atoms with Crippen LogP contribution in [-0.2, 0) is 14.3 Å².